The minimum Gasteiger partial charge on any atom is -0.497 e. The Kier molecular flexibility index (Phi) is 6.06. The second kappa shape index (κ2) is 9.25. The molecule has 0 aliphatic carbocycles. The fourth-order valence-corrected chi connectivity index (χ4v) is 5.09. The summed E-state index contributed by atoms with van der Waals surface area (Å²) in [5, 5.41) is 16.1. The third kappa shape index (κ3) is 4.53. The van der Waals surface area contributed by atoms with E-state index in [2.05, 4.69) is 31.4 Å². The van der Waals surface area contributed by atoms with Crippen LogP contribution in [-0.2, 0) is 17.0 Å². The first kappa shape index (κ1) is 20.3. The van der Waals surface area contributed by atoms with Crippen molar-refractivity contribution in [2.45, 2.75) is 36.4 Å². The number of ether oxygens (including phenoxy) is 2. The largest absolute Gasteiger partial charge is 0.497 e. The molecule has 5 rings (SSSR count). The van der Waals surface area contributed by atoms with Crippen molar-refractivity contribution in [3.63, 3.8) is 0 Å². The zero-order valence-electron chi connectivity index (χ0n) is 17.1. The number of hydrogen-bond acceptors (Lipinski definition) is 8. The standard InChI is InChI=1S/C22H22N4O3S2/c1-27-16-8-6-15(7-9-16)19-12-18(29-25-19)14-31-22-24-23-21(20-5-3-11-30-20)26(22)13-17-4-2-10-28-17/h3,5-9,11-12,17H,2,4,10,13-14H2,1H3. The van der Waals surface area contributed by atoms with E-state index >= 15 is 0 Å². The first-order valence-electron chi connectivity index (χ1n) is 10.1. The van der Waals surface area contributed by atoms with Gasteiger partial charge in [-0.3, -0.25) is 4.57 Å². The van der Waals surface area contributed by atoms with Gasteiger partial charge in [-0.15, -0.1) is 21.5 Å². The number of hydrogen-bond donors (Lipinski definition) is 0. The molecule has 0 radical (unpaired) electrons. The average molecular weight is 455 g/mol. The van der Waals surface area contributed by atoms with Crippen LogP contribution in [0.1, 0.15) is 18.6 Å². The molecule has 0 saturated carbocycles. The molecule has 0 N–H and O–H groups in total. The quantitative estimate of drug-likeness (QED) is 0.341. The number of methoxy groups -OCH3 is 1. The van der Waals surface area contributed by atoms with E-state index in [1.807, 2.05) is 36.4 Å². The van der Waals surface area contributed by atoms with Crippen LogP contribution < -0.4 is 4.74 Å². The van der Waals surface area contributed by atoms with Gasteiger partial charge >= 0.3 is 0 Å². The van der Waals surface area contributed by atoms with Crippen molar-refractivity contribution < 1.29 is 14.0 Å². The van der Waals surface area contributed by atoms with E-state index in [0.29, 0.717) is 5.75 Å². The normalized spacial score (nSPS) is 16.1. The van der Waals surface area contributed by atoms with E-state index in [1.54, 1.807) is 30.2 Å². The first-order chi connectivity index (χ1) is 15.3. The molecule has 9 heteroatoms. The lowest BCUT2D eigenvalue weighted by molar-refractivity contribution is 0.0953. The molecule has 1 atom stereocenters. The van der Waals surface area contributed by atoms with E-state index in [-0.39, 0.29) is 6.10 Å². The van der Waals surface area contributed by atoms with Gasteiger partial charge in [-0.25, -0.2) is 0 Å². The van der Waals surface area contributed by atoms with Crippen molar-refractivity contribution in [3.8, 4) is 27.7 Å². The molecule has 0 spiro atoms. The predicted molar refractivity (Wildman–Crippen MR) is 120 cm³/mol. The van der Waals surface area contributed by atoms with Crippen LogP contribution in [0.5, 0.6) is 5.75 Å². The van der Waals surface area contributed by atoms with Gasteiger partial charge < -0.3 is 14.0 Å². The summed E-state index contributed by atoms with van der Waals surface area (Å²) in [6.07, 6.45) is 2.39. The highest BCUT2D eigenvalue weighted by Gasteiger charge is 2.22. The minimum atomic E-state index is 0.209. The first-order valence-corrected chi connectivity index (χ1v) is 12.0. The highest BCUT2D eigenvalue weighted by molar-refractivity contribution is 7.98. The van der Waals surface area contributed by atoms with E-state index in [1.165, 1.54) is 0 Å². The zero-order chi connectivity index (χ0) is 21.0. The van der Waals surface area contributed by atoms with Gasteiger partial charge in [0.1, 0.15) is 17.2 Å². The molecule has 7 nitrogen and oxygen atoms in total. The van der Waals surface area contributed by atoms with Crippen molar-refractivity contribution >= 4 is 23.1 Å². The van der Waals surface area contributed by atoms with E-state index in [0.717, 1.165) is 64.6 Å². The molecule has 4 heterocycles. The summed E-state index contributed by atoms with van der Waals surface area (Å²) >= 11 is 3.27. The van der Waals surface area contributed by atoms with Crippen LogP contribution >= 0.6 is 23.1 Å². The Bertz CT molecular complexity index is 1120. The molecule has 0 amide bonds. The smallest absolute Gasteiger partial charge is 0.192 e. The predicted octanol–water partition coefficient (Wildman–Crippen LogP) is 5.14. The second-order valence-corrected chi connectivity index (χ2v) is 9.11. The van der Waals surface area contributed by atoms with Crippen molar-refractivity contribution in [1.82, 2.24) is 19.9 Å². The topological polar surface area (TPSA) is 75.2 Å². The maximum atomic E-state index is 5.87. The summed E-state index contributed by atoms with van der Waals surface area (Å²) in [7, 11) is 1.65. The van der Waals surface area contributed by atoms with Gasteiger partial charge in [-0.2, -0.15) is 0 Å². The van der Waals surface area contributed by atoms with Crippen LogP contribution in [0, 0.1) is 0 Å². The number of thiophene rings is 1. The molecule has 0 bridgehead atoms. The highest BCUT2D eigenvalue weighted by atomic mass is 32.2. The summed E-state index contributed by atoms with van der Waals surface area (Å²) < 4.78 is 18.8. The van der Waals surface area contributed by atoms with Crippen LogP contribution in [0.25, 0.3) is 22.0 Å². The van der Waals surface area contributed by atoms with Gasteiger partial charge in [-0.1, -0.05) is 23.0 Å². The fraction of sp³-hybridized carbons (Fsp3) is 0.318. The SMILES string of the molecule is COc1ccc(-c2cc(CSc3nnc(-c4cccs4)n3CC3CCCO3)on2)cc1. The zero-order valence-corrected chi connectivity index (χ0v) is 18.7. The fourth-order valence-electron chi connectivity index (χ4n) is 3.55. The number of thioether (sulfide) groups is 1. The Balaban J connectivity index is 1.32. The molecule has 1 fully saturated rings. The van der Waals surface area contributed by atoms with E-state index < -0.39 is 0 Å². The van der Waals surface area contributed by atoms with Gasteiger partial charge in [-0.05, 0) is 48.6 Å². The molecule has 4 aromatic rings. The maximum absolute atomic E-state index is 5.87. The van der Waals surface area contributed by atoms with Crippen LogP contribution in [0.15, 0.2) is 57.5 Å². The molecule has 1 aliphatic rings. The van der Waals surface area contributed by atoms with Gasteiger partial charge in [0.15, 0.2) is 11.0 Å². The van der Waals surface area contributed by atoms with Crippen LogP contribution in [0.4, 0.5) is 0 Å². The molecule has 31 heavy (non-hydrogen) atoms. The Morgan fingerprint density at radius 2 is 2.13 bits per heavy atom. The molecule has 160 valence electrons. The summed E-state index contributed by atoms with van der Waals surface area (Å²) in [5.41, 5.74) is 1.79. The average Bonchev–Trinajstić information content (AvgIpc) is 3.61. The molecular formula is C22H22N4O3S2. The van der Waals surface area contributed by atoms with Crippen LogP contribution in [0.2, 0.25) is 0 Å². The Morgan fingerprint density at radius 1 is 1.23 bits per heavy atom. The van der Waals surface area contributed by atoms with Gasteiger partial charge in [0, 0.05) is 18.2 Å². The number of nitrogens with zero attached hydrogens (tertiary/aromatic N) is 4. The number of benzene rings is 1. The lowest BCUT2D eigenvalue weighted by Gasteiger charge is -2.13. The Labute approximate surface area is 188 Å². The number of rotatable bonds is 8. The number of aromatic nitrogens is 4. The monoisotopic (exact) mass is 454 g/mol. The molecular weight excluding hydrogens is 432 g/mol. The van der Waals surface area contributed by atoms with E-state index in [9.17, 15) is 0 Å². The summed E-state index contributed by atoms with van der Waals surface area (Å²) in [5.74, 6) is 3.12. The summed E-state index contributed by atoms with van der Waals surface area (Å²) in [6, 6.07) is 13.9. The van der Waals surface area contributed by atoms with Crippen molar-refractivity contribution in [2.24, 2.45) is 0 Å². The summed E-state index contributed by atoms with van der Waals surface area (Å²) in [4.78, 5) is 1.11. The van der Waals surface area contributed by atoms with Crippen LogP contribution in [0.3, 0.4) is 0 Å². The molecule has 1 aliphatic heterocycles. The van der Waals surface area contributed by atoms with Gasteiger partial charge in [0.25, 0.3) is 0 Å². The third-order valence-corrected chi connectivity index (χ3v) is 7.01. The summed E-state index contributed by atoms with van der Waals surface area (Å²) in [6.45, 7) is 1.59. The highest BCUT2D eigenvalue weighted by Crippen LogP contribution is 2.31. The molecule has 3 aromatic heterocycles. The van der Waals surface area contributed by atoms with Gasteiger partial charge in [0.2, 0.25) is 0 Å². The maximum Gasteiger partial charge on any atom is 0.192 e. The molecule has 1 saturated heterocycles. The lowest BCUT2D eigenvalue weighted by Crippen LogP contribution is -2.16. The van der Waals surface area contributed by atoms with Gasteiger partial charge in [0.05, 0.1) is 30.4 Å². The second-order valence-electron chi connectivity index (χ2n) is 7.22. The third-order valence-electron chi connectivity index (χ3n) is 5.16. The van der Waals surface area contributed by atoms with Crippen LogP contribution in [-0.4, -0.2) is 39.7 Å². The van der Waals surface area contributed by atoms with Crippen molar-refractivity contribution in [2.75, 3.05) is 13.7 Å². The Morgan fingerprint density at radius 3 is 2.87 bits per heavy atom. The minimum absolute atomic E-state index is 0.209. The molecule has 1 unspecified atom stereocenters. The van der Waals surface area contributed by atoms with E-state index in [4.69, 9.17) is 14.0 Å². The van der Waals surface area contributed by atoms with Crippen molar-refractivity contribution in [3.05, 3.63) is 53.6 Å². The lowest BCUT2D eigenvalue weighted by atomic mass is 10.1. The Hall–Kier alpha value is -2.62. The molecule has 1 aromatic carbocycles. The van der Waals surface area contributed by atoms with Crippen molar-refractivity contribution in [1.29, 1.82) is 0 Å².